The molecule has 1 aliphatic rings. The van der Waals surface area contributed by atoms with Crippen molar-refractivity contribution >= 4 is 0 Å². The van der Waals surface area contributed by atoms with Crippen LogP contribution in [0.25, 0.3) is 0 Å². The predicted molar refractivity (Wildman–Crippen MR) is 81.0 cm³/mol. The maximum absolute atomic E-state index is 3.12. The number of imidazole rings is 2. The summed E-state index contributed by atoms with van der Waals surface area (Å²) in [5.41, 5.74) is 0. The molecule has 0 saturated heterocycles. The number of hydrogen-bond donors (Lipinski definition) is 0. The minimum absolute atomic E-state index is 0. The topological polar surface area (TPSA) is 17.6 Å². The van der Waals surface area contributed by atoms with E-state index in [1.165, 1.54) is 25.7 Å². The number of allylic oxidation sites excluding steroid dienone is 4. The van der Waals surface area contributed by atoms with Crippen molar-refractivity contribution in [3.05, 3.63) is 61.7 Å². The third-order valence-electron chi connectivity index (χ3n) is 3.15. The maximum Gasteiger partial charge on any atom is 3.00 e. The van der Waals surface area contributed by atoms with Gasteiger partial charge in [-0.05, 0) is 50.5 Å². The first-order valence-electron chi connectivity index (χ1n) is 7.42. The Morgan fingerprint density at radius 1 is 0.773 bits per heavy atom. The van der Waals surface area contributed by atoms with Gasteiger partial charge >= 0.3 is 19.5 Å². The number of nitrogens with zero attached hydrogens (tertiary/aromatic N) is 4. The zero-order valence-electron chi connectivity index (χ0n) is 13.3. The van der Waals surface area contributed by atoms with E-state index in [9.17, 15) is 0 Å². The van der Waals surface area contributed by atoms with Crippen molar-refractivity contribution < 1.29 is 28.6 Å². The van der Waals surface area contributed by atoms with Crippen molar-refractivity contribution in [1.29, 1.82) is 0 Å². The Morgan fingerprint density at radius 2 is 1.14 bits per heavy atom. The van der Waals surface area contributed by atoms with E-state index in [4.69, 9.17) is 0 Å². The Balaban J connectivity index is 0.000000234. The second kappa shape index (κ2) is 10.3. The molecule has 2 heterocycles. The first kappa shape index (κ1) is 18.6. The van der Waals surface area contributed by atoms with Crippen molar-refractivity contribution in [2.24, 2.45) is 14.1 Å². The van der Waals surface area contributed by atoms with Crippen LogP contribution in [0.2, 0.25) is 0 Å². The van der Waals surface area contributed by atoms with Crippen molar-refractivity contribution in [1.82, 2.24) is 9.13 Å². The van der Waals surface area contributed by atoms with Gasteiger partial charge in [0, 0.05) is 0 Å². The summed E-state index contributed by atoms with van der Waals surface area (Å²) in [6.07, 6.45) is 28.1. The third kappa shape index (κ3) is 6.99. The first-order valence-corrected chi connectivity index (χ1v) is 7.42. The maximum atomic E-state index is 3.12. The molecule has 22 heavy (non-hydrogen) atoms. The van der Waals surface area contributed by atoms with Gasteiger partial charge in [-0.1, -0.05) is 24.3 Å². The minimum Gasteiger partial charge on any atom is -0.354 e. The molecule has 1 aliphatic carbocycles. The van der Waals surface area contributed by atoms with Gasteiger partial charge in [-0.3, -0.25) is 0 Å². The van der Waals surface area contributed by atoms with Gasteiger partial charge in [-0.2, -0.15) is 0 Å². The number of aryl methyl sites for hydroxylation is 2. The molecule has 118 valence electrons. The van der Waals surface area contributed by atoms with Crippen LogP contribution in [0.3, 0.4) is 0 Å². The predicted octanol–water partition coefficient (Wildman–Crippen LogP) is 1.72. The van der Waals surface area contributed by atoms with E-state index in [0.717, 1.165) is 6.67 Å². The normalized spacial score (nSPS) is 13.5. The molecule has 0 N–H and O–H groups in total. The quantitative estimate of drug-likeness (QED) is 0.323. The summed E-state index contributed by atoms with van der Waals surface area (Å²) >= 11 is 0. The Hall–Kier alpha value is -1.48. The van der Waals surface area contributed by atoms with E-state index in [2.05, 4.69) is 37.0 Å². The van der Waals surface area contributed by atoms with Gasteiger partial charge in [0.15, 0.2) is 6.67 Å². The molecule has 0 aliphatic heterocycles. The van der Waals surface area contributed by atoms with E-state index in [1.54, 1.807) is 0 Å². The second-order valence-corrected chi connectivity index (χ2v) is 5.20. The van der Waals surface area contributed by atoms with Crippen LogP contribution >= 0.6 is 0 Å². The zero-order chi connectivity index (χ0) is 14.9. The molecule has 2 aromatic rings. The van der Waals surface area contributed by atoms with Gasteiger partial charge in [0.2, 0.25) is 12.7 Å². The summed E-state index contributed by atoms with van der Waals surface area (Å²) in [5, 5.41) is 0. The summed E-state index contributed by atoms with van der Waals surface area (Å²) in [7, 11) is 3.91. The molecule has 0 unspecified atom stereocenters. The monoisotopic (exact) mass is 387 g/mol. The molecule has 0 bridgehead atoms. The van der Waals surface area contributed by atoms with Crippen LogP contribution < -0.4 is 9.13 Å². The van der Waals surface area contributed by atoms with Crippen LogP contribution in [0.1, 0.15) is 25.7 Å². The summed E-state index contributed by atoms with van der Waals surface area (Å²) in [4.78, 5) is 0. The zero-order valence-corrected chi connectivity index (χ0v) is 14.9. The molecule has 2 aromatic heterocycles. The molecule has 5 heteroatoms. The number of hydrogen-bond acceptors (Lipinski definition) is 0. The largest absolute Gasteiger partial charge is 3.00 e. The fraction of sp³-hybridized carbons (Fsp3) is 0.412. The van der Waals surface area contributed by atoms with E-state index in [1.807, 2.05) is 57.2 Å². The van der Waals surface area contributed by atoms with Crippen LogP contribution in [-0.4, -0.2) is 9.13 Å². The smallest absolute Gasteiger partial charge is 0.354 e. The van der Waals surface area contributed by atoms with E-state index < -0.39 is 0 Å². The summed E-state index contributed by atoms with van der Waals surface area (Å²) < 4.78 is 7.72. The van der Waals surface area contributed by atoms with E-state index >= 15 is 0 Å². The summed E-state index contributed by atoms with van der Waals surface area (Å²) in [6, 6.07) is 0. The third-order valence-corrected chi connectivity index (χ3v) is 3.15. The molecule has 0 amide bonds. The molecule has 0 spiro atoms. The SMILES string of the molecule is C1=CCCC=CCC1.C[n+]1[c-]n(Cn2[c-][n+](C)cc2)cc1.[Rh+3]. The molecule has 3 rings (SSSR count). The van der Waals surface area contributed by atoms with Gasteiger partial charge in [0.1, 0.15) is 0 Å². The Morgan fingerprint density at radius 3 is 1.41 bits per heavy atom. The Kier molecular flexibility index (Phi) is 8.68. The van der Waals surface area contributed by atoms with Gasteiger partial charge < -0.3 is 18.3 Å². The minimum atomic E-state index is 0. The van der Waals surface area contributed by atoms with Crippen molar-refractivity contribution in [2.75, 3.05) is 0 Å². The van der Waals surface area contributed by atoms with Crippen LogP contribution in [0.4, 0.5) is 0 Å². The van der Waals surface area contributed by atoms with Crippen molar-refractivity contribution in [3.63, 3.8) is 0 Å². The van der Waals surface area contributed by atoms with Gasteiger partial charge in [-0.25, -0.2) is 0 Å². The first-order chi connectivity index (χ1) is 10.2. The van der Waals surface area contributed by atoms with E-state index in [0.29, 0.717) is 0 Å². The molecular weight excluding hydrogens is 363 g/mol. The Bertz CT molecular complexity index is 531. The molecular formula is C17H24N4Rh+3. The second-order valence-electron chi connectivity index (χ2n) is 5.20. The van der Waals surface area contributed by atoms with Crippen LogP contribution in [0, 0.1) is 12.7 Å². The van der Waals surface area contributed by atoms with Gasteiger partial charge in [0.05, 0.1) is 14.1 Å². The average Bonchev–Trinajstić information content (AvgIpc) is 2.99. The van der Waals surface area contributed by atoms with Crippen molar-refractivity contribution in [2.45, 2.75) is 32.4 Å². The fourth-order valence-electron chi connectivity index (χ4n) is 2.08. The summed E-state index contributed by atoms with van der Waals surface area (Å²) in [5.74, 6) is 0. The van der Waals surface area contributed by atoms with Gasteiger partial charge in [0.25, 0.3) is 0 Å². The number of aromatic nitrogens is 4. The Labute approximate surface area is 146 Å². The fourth-order valence-corrected chi connectivity index (χ4v) is 2.08. The van der Waals surface area contributed by atoms with Gasteiger partial charge in [-0.15, -0.1) is 0 Å². The molecule has 0 fully saturated rings. The van der Waals surface area contributed by atoms with Crippen LogP contribution in [0.5, 0.6) is 0 Å². The van der Waals surface area contributed by atoms with Crippen molar-refractivity contribution in [3.8, 4) is 0 Å². The van der Waals surface area contributed by atoms with E-state index in [-0.39, 0.29) is 19.5 Å². The molecule has 0 saturated carbocycles. The molecule has 0 atom stereocenters. The van der Waals surface area contributed by atoms with Crippen LogP contribution in [0.15, 0.2) is 49.1 Å². The summed E-state index contributed by atoms with van der Waals surface area (Å²) in [6.45, 7) is 0.752. The molecule has 0 aromatic carbocycles. The standard InChI is InChI=1S/C9H12N4.C8H12.Rh/c1-10-3-5-12(7-10)9-13-6-4-11(2)8-13;1-2-4-6-8-7-5-3-1;/h3-6H,9H2,1-2H3;1-2,7-8H,3-6H2;/q;;+3. The average molecular weight is 387 g/mol. The van der Waals surface area contributed by atoms with Crippen LogP contribution in [-0.2, 0) is 40.2 Å². The molecule has 0 radical (unpaired) electrons. The molecule has 4 nitrogen and oxygen atoms in total. The number of rotatable bonds is 2.